The Hall–Kier alpha value is -1.71. The number of anilines is 1. The SMILES string of the molecule is Clc1cccc(N2CCN(CCOc3ccccc3)CC2)c1. The molecule has 0 atom stereocenters. The van der Waals surface area contributed by atoms with Gasteiger partial charge in [0.1, 0.15) is 12.4 Å². The Morgan fingerprint density at radius 3 is 2.41 bits per heavy atom. The average molecular weight is 317 g/mol. The lowest BCUT2D eigenvalue weighted by Gasteiger charge is -2.36. The Morgan fingerprint density at radius 1 is 0.909 bits per heavy atom. The zero-order valence-corrected chi connectivity index (χ0v) is 13.4. The van der Waals surface area contributed by atoms with Crippen LogP contribution in [0.3, 0.4) is 0 Å². The molecule has 0 aliphatic carbocycles. The third-order valence-corrected chi connectivity index (χ3v) is 4.20. The minimum absolute atomic E-state index is 0.737. The van der Waals surface area contributed by atoms with Gasteiger partial charge in [-0.3, -0.25) is 4.90 Å². The zero-order valence-electron chi connectivity index (χ0n) is 12.6. The van der Waals surface area contributed by atoms with E-state index >= 15 is 0 Å². The van der Waals surface area contributed by atoms with E-state index in [4.69, 9.17) is 16.3 Å². The first kappa shape index (κ1) is 15.2. The maximum atomic E-state index is 6.07. The summed E-state index contributed by atoms with van der Waals surface area (Å²) in [5, 5.41) is 0.802. The summed E-state index contributed by atoms with van der Waals surface area (Å²) in [4.78, 5) is 4.84. The van der Waals surface area contributed by atoms with Gasteiger partial charge in [-0.2, -0.15) is 0 Å². The fourth-order valence-corrected chi connectivity index (χ4v) is 2.90. The van der Waals surface area contributed by atoms with Crippen molar-refractivity contribution in [3.8, 4) is 5.75 Å². The molecule has 0 unspecified atom stereocenters. The van der Waals surface area contributed by atoms with Crippen LogP contribution in [0.2, 0.25) is 5.02 Å². The molecule has 0 N–H and O–H groups in total. The fraction of sp³-hybridized carbons (Fsp3) is 0.333. The van der Waals surface area contributed by atoms with Crippen molar-refractivity contribution in [3.63, 3.8) is 0 Å². The number of ether oxygens (including phenoxy) is 1. The normalized spacial score (nSPS) is 15.8. The number of nitrogens with zero attached hydrogens (tertiary/aromatic N) is 2. The predicted octanol–water partition coefficient (Wildman–Crippen LogP) is 3.54. The molecule has 22 heavy (non-hydrogen) atoms. The van der Waals surface area contributed by atoms with Gasteiger partial charge < -0.3 is 9.64 Å². The number of rotatable bonds is 5. The van der Waals surface area contributed by atoms with Crippen LogP contribution in [0.15, 0.2) is 54.6 Å². The summed E-state index contributed by atoms with van der Waals surface area (Å²) < 4.78 is 5.76. The molecule has 1 aliphatic rings. The minimum atomic E-state index is 0.737. The highest BCUT2D eigenvalue weighted by Crippen LogP contribution is 2.20. The van der Waals surface area contributed by atoms with Crippen molar-refractivity contribution in [3.05, 3.63) is 59.6 Å². The van der Waals surface area contributed by atoms with Crippen LogP contribution in [-0.4, -0.2) is 44.2 Å². The van der Waals surface area contributed by atoms with Gasteiger partial charge in [0, 0.05) is 43.4 Å². The molecule has 4 heteroatoms. The second-order valence-electron chi connectivity index (χ2n) is 5.47. The number of benzene rings is 2. The van der Waals surface area contributed by atoms with Gasteiger partial charge in [0.2, 0.25) is 0 Å². The van der Waals surface area contributed by atoms with E-state index < -0.39 is 0 Å². The summed E-state index contributed by atoms with van der Waals surface area (Å²) in [5.74, 6) is 0.945. The highest BCUT2D eigenvalue weighted by molar-refractivity contribution is 6.30. The fourth-order valence-electron chi connectivity index (χ4n) is 2.71. The first-order valence-electron chi connectivity index (χ1n) is 7.72. The smallest absolute Gasteiger partial charge is 0.119 e. The van der Waals surface area contributed by atoms with Gasteiger partial charge in [0.15, 0.2) is 0 Å². The molecule has 116 valence electrons. The predicted molar refractivity (Wildman–Crippen MR) is 92.0 cm³/mol. The summed E-state index contributed by atoms with van der Waals surface area (Å²) >= 11 is 6.07. The summed E-state index contributed by atoms with van der Waals surface area (Å²) in [6.07, 6.45) is 0. The van der Waals surface area contributed by atoms with Gasteiger partial charge in [-0.25, -0.2) is 0 Å². The van der Waals surface area contributed by atoms with Crippen LogP contribution in [0.5, 0.6) is 5.75 Å². The molecule has 3 nitrogen and oxygen atoms in total. The van der Waals surface area contributed by atoms with Gasteiger partial charge in [-0.05, 0) is 30.3 Å². The third kappa shape index (κ3) is 4.15. The number of hydrogen-bond donors (Lipinski definition) is 0. The molecule has 0 radical (unpaired) electrons. The molecule has 0 aromatic heterocycles. The van der Waals surface area contributed by atoms with Crippen LogP contribution in [-0.2, 0) is 0 Å². The maximum absolute atomic E-state index is 6.07. The minimum Gasteiger partial charge on any atom is -0.492 e. The molecule has 1 fully saturated rings. The average Bonchev–Trinajstić information content (AvgIpc) is 2.56. The lowest BCUT2D eigenvalue weighted by Crippen LogP contribution is -2.47. The van der Waals surface area contributed by atoms with Crippen molar-refractivity contribution in [1.29, 1.82) is 0 Å². The van der Waals surface area contributed by atoms with Crippen molar-refractivity contribution in [2.75, 3.05) is 44.2 Å². The van der Waals surface area contributed by atoms with E-state index in [0.717, 1.165) is 50.1 Å². The third-order valence-electron chi connectivity index (χ3n) is 3.97. The molecular weight excluding hydrogens is 296 g/mol. The van der Waals surface area contributed by atoms with E-state index in [1.165, 1.54) is 5.69 Å². The lowest BCUT2D eigenvalue weighted by atomic mass is 10.2. The summed E-state index contributed by atoms with van der Waals surface area (Å²) in [6.45, 7) is 5.89. The Labute approximate surface area is 137 Å². The Morgan fingerprint density at radius 2 is 1.68 bits per heavy atom. The lowest BCUT2D eigenvalue weighted by molar-refractivity contribution is 0.200. The molecule has 1 aliphatic heterocycles. The molecular formula is C18H21ClN2O. The number of hydrogen-bond acceptors (Lipinski definition) is 3. The molecule has 2 aromatic carbocycles. The van der Waals surface area contributed by atoms with E-state index in [0.29, 0.717) is 0 Å². The second-order valence-corrected chi connectivity index (χ2v) is 5.91. The standard InChI is InChI=1S/C18H21ClN2O/c19-16-5-4-6-17(15-16)21-11-9-20(10-12-21)13-14-22-18-7-2-1-3-8-18/h1-8,15H,9-14H2. The first-order valence-corrected chi connectivity index (χ1v) is 8.10. The Kier molecular flexibility index (Phi) is 5.20. The van der Waals surface area contributed by atoms with Crippen LogP contribution >= 0.6 is 11.6 Å². The van der Waals surface area contributed by atoms with Crippen LogP contribution in [0.25, 0.3) is 0 Å². The molecule has 3 rings (SSSR count). The van der Waals surface area contributed by atoms with Crippen LogP contribution in [0.4, 0.5) is 5.69 Å². The van der Waals surface area contributed by atoms with Gasteiger partial charge in [0.05, 0.1) is 0 Å². The van der Waals surface area contributed by atoms with Crippen LogP contribution < -0.4 is 9.64 Å². The van der Waals surface area contributed by atoms with Crippen molar-refractivity contribution in [1.82, 2.24) is 4.90 Å². The zero-order chi connectivity index (χ0) is 15.2. The van der Waals surface area contributed by atoms with Gasteiger partial charge in [0.25, 0.3) is 0 Å². The van der Waals surface area contributed by atoms with Crippen LogP contribution in [0.1, 0.15) is 0 Å². The van der Waals surface area contributed by atoms with Crippen molar-refractivity contribution >= 4 is 17.3 Å². The van der Waals surface area contributed by atoms with Crippen molar-refractivity contribution < 1.29 is 4.74 Å². The Bertz CT molecular complexity index is 583. The second kappa shape index (κ2) is 7.52. The largest absolute Gasteiger partial charge is 0.492 e. The number of para-hydroxylation sites is 1. The quantitative estimate of drug-likeness (QED) is 0.839. The van der Waals surface area contributed by atoms with E-state index in [1.807, 2.05) is 48.5 Å². The van der Waals surface area contributed by atoms with Gasteiger partial charge in [-0.1, -0.05) is 35.9 Å². The van der Waals surface area contributed by atoms with E-state index in [9.17, 15) is 0 Å². The number of halogens is 1. The highest BCUT2D eigenvalue weighted by atomic mass is 35.5. The van der Waals surface area contributed by atoms with Gasteiger partial charge in [-0.15, -0.1) is 0 Å². The molecule has 0 amide bonds. The van der Waals surface area contributed by atoms with E-state index in [-0.39, 0.29) is 0 Å². The Balaban J connectivity index is 1.42. The number of piperazine rings is 1. The van der Waals surface area contributed by atoms with E-state index in [1.54, 1.807) is 0 Å². The monoisotopic (exact) mass is 316 g/mol. The van der Waals surface area contributed by atoms with E-state index in [2.05, 4.69) is 15.9 Å². The first-order chi connectivity index (χ1) is 10.8. The van der Waals surface area contributed by atoms with Gasteiger partial charge >= 0.3 is 0 Å². The topological polar surface area (TPSA) is 15.7 Å². The van der Waals surface area contributed by atoms with Crippen molar-refractivity contribution in [2.45, 2.75) is 0 Å². The molecule has 1 heterocycles. The van der Waals surface area contributed by atoms with Crippen molar-refractivity contribution in [2.24, 2.45) is 0 Å². The molecule has 0 spiro atoms. The molecule has 1 saturated heterocycles. The summed E-state index contributed by atoms with van der Waals surface area (Å²) in [5.41, 5.74) is 1.22. The van der Waals surface area contributed by atoms with Crippen LogP contribution in [0, 0.1) is 0 Å². The molecule has 0 bridgehead atoms. The summed E-state index contributed by atoms with van der Waals surface area (Å²) in [7, 11) is 0. The highest BCUT2D eigenvalue weighted by Gasteiger charge is 2.17. The molecule has 0 saturated carbocycles. The maximum Gasteiger partial charge on any atom is 0.119 e. The summed E-state index contributed by atoms with van der Waals surface area (Å²) in [6, 6.07) is 18.1. The molecule has 2 aromatic rings.